The number of benzene rings is 2. The number of hydrogen-bond acceptors (Lipinski definition) is 7. The van der Waals surface area contributed by atoms with E-state index in [-0.39, 0.29) is 17.9 Å². The van der Waals surface area contributed by atoms with Crippen LogP contribution >= 0.6 is 11.3 Å². The minimum atomic E-state index is -0.931. The third-order valence-corrected chi connectivity index (χ3v) is 10.2. The summed E-state index contributed by atoms with van der Waals surface area (Å²) in [5, 5.41) is 9.42. The SMILES string of the molecule is Cc1ccc2cc(C(=O)NC3(C(=O)N[C@@H](COCCC4CCN(NC(=O)OC(C)(C)C)CC4)Cc4ccccc4)CCCC3)sc2c1. The molecule has 3 N–H and O–H groups in total. The van der Waals surface area contributed by atoms with Gasteiger partial charge < -0.3 is 20.1 Å². The van der Waals surface area contributed by atoms with Crippen molar-refractivity contribution in [1.82, 2.24) is 21.1 Å². The maximum absolute atomic E-state index is 14.0. The van der Waals surface area contributed by atoms with Gasteiger partial charge in [0.2, 0.25) is 5.91 Å². The molecule has 2 heterocycles. The molecule has 1 aromatic heterocycles. The summed E-state index contributed by atoms with van der Waals surface area (Å²) in [6, 6.07) is 18.0. The normalized spacial score (nSPS) is 17.7. The van der Waals surface area contributed by atoms with Crippen LogP contribution in [0.25, 0.3) is 10.1 Å². The predicted octanol–water partition coefficient (Wildman–Crippen LogP) is 6.54. The first kappa shape index (κ1) is 34.9. The predicted molar refractivity (Wildman–Crippen MR) is 186 cm³/mol. The van der Waals surface area contributed by atoms with E-state index in [1.54, 1.807) is 0 Å². The Balaban J connectivity index is 1.14. The molecule has 1 atom stereocenters. The molecule has 3 amide bonds. The van der Waals surface area contributed by atoms with E-state index in [0.717, 1.165) is 66.4 Å². The average molecular weight is 663 g/mol. The summed E-state index contributed by atoms with van der Waals surface area (Å²) in [5.41, 5.74) is 3.67. The Morgan fingerprint density at radius 3 is 2.45 bits per heavy atom. The summed E-state index contributed by atoms with van der Waals surface area (Å²) in [7, 11) is 0. The molecule has 2 fully saturated rings. The van der Waals surface area contributed by atoms with E-state index in [9.17, 15) is 14.4 Å². The van der Waals surface area contributed by atoms with Crippen LogP contribution in [0.2, 0.25) is 0 Å². The molecule has 3 aromatic rings. The smallest absolute Gasteiger partial charge is 0.422 e. The van der Waals surface area contributed by atoms with Crippen LogP contribution in [0, 0.1) is 12.8 Å². The molecule has 9 nitrogen and oxygen atoms in total. The number of rotatable bonds is 12. The first-order valence-electron chi connectivity index (χ1n) is 17.0. The van der Waals surface area contributed by atoms with E-state index in [1.165, 1.54) is 11.3 Å². The summed E-state index contributed by atoms with van der Waals surface area (Å²) in [6.45, 7) is 10.1. The molecule has 2 aromatic carbocycles. The molecule has 2 aliphatic rings. The van der Waals surface area contributed by atoms with Gasteiger partial charge in [0, 0.05) is 24.4 Å². The molecule has 0 spiro atoms. The van der Waals surface area contributed by atoms with Gasteiger partial charge in [-0.15, -0.1) is 11.3 Å². The molecule has 47 heavy (non-hydrogen) atoms. The zero-order valence-corrected chi connectivity index (χ0v) is 29.0. The largest absolute Gasteiger partial charge is 0.443 e. The molecule has 1 aliphatic heterocycles. The molecule has 0 radical (unpaired) electrons. The van der Waals surface area contributed by atoms with Crippen molar-refractivity contribution >= 4 is 39.3 Å². The van der Waals surface area contributed by atoms with Crippen molar-refractivity contribution in [3.63, 3.8) is 0 Å². The number of ether oxygens (including phenoxy) is 2. The number of nitrogens with zero attached hydrogens (tertiary/aromatic N) is 1. The summed E-state index contributed by atoms with van der Waals surface area (Å²) in [6.07, 6.45) is 6.10. The second kappa shape index (κ2) is 15.6. The third kappa shape index (κ3) is 10.0. The first-order valence-corrected chi connectivity index (χ1v) is 17.8. The lowest BCUT2D eigenvalue weighted by Crippen LogP contribution is -2.59. The van der Waals surface area contributed by atoms with Gasteiger partial charge >= 0.3 is 6.09 Å². The van der Waals surface area contributed by atoms with E-state index < -0.39 is 17.2 Å². The Kier molecular flexibility index (Phi) is 11.6. The molecule has 1 saturated heterocycles. The molecular formula is C37H50N4O5S. The van der Waals surface area contributed by atoms with Crippen molar-refractivity contribution in [3.8, 4) is 0 Å². The minimum Gasteiger partial charge on any atom is -0.443 e. The van der Waals surface area contributed by atoms with Gasteiger partial charge in [-0.2, -0.15) is 0 Å². The summed E-state index contributed by atoms with van der Waals surface area (Å²) < 4.78 is 12.6. The van der Waals surface area contributed by atoms with E-state index in [0.29, 0.717) is 43.3 Å². The quantitative estimate of drug-likeness (QED) is 0.190. The van der Waals surface area contributed by atoms with Gasteiger partial charge in [0.1, 0.15) is 11.1 Å². The van der Waals surface area contributed by atoms with Crippen molar-refractivity contribution in [2.24, 2.45) is 5.92 Å². The summed E-state index contributed by atoms with van der Waals surface area (Å²) >= 11 is 1.47. The first-order chi connectivity index (χ1) is 22.5. The molecule has 10 heteroatoms. The number of fused-ring (bicyclic) bond motifs is 1. The van der Waals surface area contributed by atoms with Crippen LogP contribution < -0.4 is 16.1 Å². The minimum absolute atomic E-state index is 0.130. The summed E-state index contributed by atoms with van der Waals surface area (Å²) in [5.74, 6) is 0.183. The van der Waals surface area contributed by atoms with Crippen molar-refractivity contribution in [1.29, 1.82) is 0 Å². The van der Waals surface area contributed by atoms with Crippen LogP contribution in [0.1, 0.15) is 86.5 Å². The highest BCUT2D eigenvalue weighted by atomic mass is 32.1. The zero-order valence-electron chi connectivity index (χ0n) is 28.2. The van der Waals surface area contributed by atoms with Gasteiger partial charge in [-0.3, -0.25) is 15.0 Å². The average Bonchev–Trinajstić information content (AvgIpc) is 3.67. The highest BCUT2D eigenvalue weighted by Crippen LogP contribution is 2.32. The molecular weight excluding hydrogens is 612 g/mol. The maximum Gasteiger partial charge on any atom is 0.422 e. The number of carbonyl (C=O) groups is 3. The number of carbonyl (C=O) groups excluding carboxylic acids is 3. The fraction of sp³-hybridized carbons (Fsp3) is 0.541. The van der Waals surface area contributed by atoms with Crippen LogP contribution in [0.5, 0.6) is 0 Å². The highest BCUT2D eigenvalue weighted by Gasteiger charge is 2.43. The Morgan fingerprint density at radius 1 is 1.02 bits per heavy atom. The van der Waals surface area contributed by atoms with Gasteiger partial charge in [0.15, 0.2) is 0 Å². The fourth-order valence-corrected chi connectivity index (χ4v) is 7.59. The van der Waals surface area contributed by atoms with E-state index in [4.69, 9.17) is 9.47 Å². The van der Waals surface area contributed by atoms with Crippen molar-refractivity contribution < 1.29 is 23.9 Å². The Hall–Kier alpha value is -3.47. The van der Waals surface area contributed by atoms with Gasteiger partial charge in [0.05, 0.1) is 17.5 Å². The van der Waals surface area contributed by atoms with Gasteiger partial charge in [-0.1, -0.05) is 55.3 Å². The Labute approximate surface area is 282 Å². The topological polar surface area (TPSA) is 109 Å². The molecule has 0 unspecified atom stereocenters. The number of aryl methyl sites for hydroxylation is 1. The number of thiophene rings is 1. The number of hydrazine groups is 1. The van der Waals surface area contributed by atoms with Gasteiger partial charge in [-0.25, -0.2) is 9.80 Å². The number of nitrogens with one attached hydrogen (secondary N) is 3. The molecule has 5 rings (SSSR count). The number of piperidine rings is 1. The number of hydrogen-bond donors (Lipinski definition) is 3. The Bertz CT molecular complexity index is 1500. The van der Waals surface area contributed by atoms with Crippen LogP contribution in [0.15, 0.2) is 54.6 Å². The molecule has 254 valence electrons. The number of amides is 3. The molecule has 1 saturated carbocycles. The van der Waals surface area contributed by atoms with Crippen LogP contribution in [-0.2, 0) is 20.7 Å². The molecule has 0 bridgehead atoms. The van der Waals surface area contributed by atoms with Crippen LogP contribution in [-0.4, -0.2) is 66.4 Å². The fourth-order valence-electron chi connectivity index (χ4n) is 6.53. The van der Waals surface area contributed by atoms with Crippen molar-refractivity contribution in [2.75, 3.05) is 26.3 Å². The summed E-state index contributed by atoms with van der Waals surface area (Å²) in [4.78, 5) is 40.2. The van der Waals surface area contributed by atoms with E-state index in [1.807, 2.05) is 69.1 Å². The lowest BCUT2D eigenvalue weighted by Gasteiger charge is -2.33. The second-order valence-corrected chi connectivity index (χ2v) is 15.2. The van der Waals surface area contributed by atoms with Crippen molar-refractivity contribution in [3.05, 3.63) is 70.6 Å². The standard InChI is InChI=1S/C37H50N4O5S/c1-26-12-13-29-24-32(47-31(29)22-26)33(42)39-37(17-8-9-18-37)34(43)38-30(23-28-10-6-5-7-11-28)25-45-21-16-27-14-19-41(20-15-27)40-35(44)46-36(2,3)4/h5-7,10-13,22,24,27,30H,8-9,14-21,23,25H2,1-4H3,(H,38,43)(H,39,42)(H,40,44)/t30-/m1/s1. The monoisotopic (exact) mass is 662 g/mol. The van der Waals surface area contributed by atoms with Crippen LogP contribution in [0.3, 0.4) is 0 Å². The van der Waals surface area contributed by atoms with E-state index in [2.05, 4.69) is 34.3 Å². The van der Waals surface area contributed by atoms with Gasteiger partial charge in [0.25, 0.3) is 5.91 Å². The van der Waals surface area contributed by atoms with Gasteiger partial charge in [-0.05, 0) is 101 Å². The highest BCUT2D eigenvalue weighted by molar-refractivity contribution is 7.20. The van der Waals surface area contributed by atoms with Crippen LogP contribution in [0.4, 0.5) is 4.79 Å². The van der Waals surface area contributed by atoms with Crippen molar-refractivity contribution in [2.45, 2.75) is 96.2 Å². The lowest BCUT2D eigenvalue weighted by atomic mass is 9.94. The lowest BCUT2D eigenvalue weighted by molar-refractivity contribution is -0.128. The third-order valence-electron chi connectivity index (χ3n) is 9.06. The molecule has 1 aliphatic carbocycles. The second-order valence-electron chi connectivity index (χ2n) is 14.2. The zero-order chi connectivity index (χ0) is 33.4. The maximum atomic E-state index is 14.0. The Morgan fingerprint density at radius 2 is 1.74 bits per heavy atom. The van der Waals surface area contributed by atoms with E-state index >= 15 is 0 Å².